The number of amides is 1. The summed E-state index contributed by atoms with van der Waals surface area (Å²) in [6, 6.07) is 6.03. The van der Waals surface area contributed by atoms with Crippen molar-refractivity contribution in [3.8, 4) is 5.69 Å². The van der Waals surface area contributed by atoms with Crippen LogP contribution in [-0.4, -0.2) is 39.7 Å². The van der Waals surface area contributed by atoms with Crippen LogP contribution in [0.3, 0.4) is 0 Å². The maximum atomic E-state index is 12.9. The second-order valence-corrected chi connectivity index (χ2v) is 8.18. The Balaban J connectivity index is 1.80. The number of aromatic nitrogens is 2. The number of hydrogen-bond donors (Lipinski definition) is 1. The van der Waals surface area contributed by atoms with E-state index >= 15 is 0 Å². The number of benzene rings is 1. The Kier molecular flexibility index (Phi) is 5.92. The monoisotopic (exact) mass is 388 g/mol. The maximum absolute atomic E-state index is 12.9. The van der Waals surface area contributed by atoms with Crippen LogP contribution in [0.4, 0.5) is 0 Å². The summed E-state index contributed by atoms with van der Waals surface area (Å²) < 4.78 is 1.88. The second-order valence-electron chi connectivity index (χ2n) is 7.77. The van der Waals surface area contributed by atoms with Crippen molar-refractivity contribution in [2.24, 2.45) is 11.7 Å². The molecule has 0 unspecified atom stereocenters. The molecule has 5 nitrogen and oxygen atoms in total. The Labute approximate surface area is 166 Å². The average molecular weight is 389 g/mol. The quantitative estimate of drug-likeness (QED) is 0.870. The van der Waals surface area contributed by atoms with Gasteiger partial charge < -0.3 is 10.6 Å². The third kappa shape index (κ3) is 4.19. The minimum absolute atomic E-state index is 0.123. The zero-order valence-electron chi connectivity index (χ0n) is 16.6. The number of halogens is 1. The molecule has 2 aromatic rings. The first kappa shape index (κ1) is 19.9. The van der Waals surface area contributed by atoms with Crippen LogP contribution in [0.1, 0.15) is 42.3 Å². The summed E-state index contributed by atoms with van der Waals surface area (Å²) in [5.41, 5.74) is 10.9. The lowest BCUT2D eigenvalue weighted by molar-refractivity contribution is -0.132. The van der Waals surface area contributed by atoms with Gasteiger partial charge in [0.05, 0.1) is 17.8 Å². The van der Waals surface area contributed by atoms with Gasteiger partial charge in [0, 0.05) is 35.4 Å². The van der Waals surface area contributed by atoms with Crippen LogP contribution in [-0.2, 0) is 11.2 Å². The Morgan fingerprint density at radius 3 is 2.78 bits per heavy atom. The van der Waals surface area contributed by atoms with Crippen molar-refractivity contribution in [1.82, 2.24) is 14.7 Å². The van der Waals surface area contributed by atoms with Gasteiger partial charge in [-0.15, -0.1) is 0 Å². The minimum atomic E-state index is 0.123. The zero-order chi connectivity index (χ0) is 19.7. The van der Waals surface area contributed by atoms with Gasteiger partial charge in [-0.3, -0.25) is 4.79 Å². The van der Waals surface area contributed by atoms with Crippen LogP contribution >= 0.6 is 11.6 Å². The van der Waals surface area contributed by atoms with E-state index in [1.165, 1.54) is 0 Å². The number of rotatable bonds is 4. The van der Waals surface area contributed by atoms with E-state index in [-0.39, 0.29) is 11.9 Å². The number of hydrogen-bond acceptors (Lipinski definition) is 3. The fraction of sp³-hybridized carbons (Fsp3) is 0.524. The molecule has 1 aliphatic heterocycles. The van der Waals surface area contributed by atoms with E-state index in [0.717, 1.165) is 54.1 Å². The van der Waals surface area contributed by atoms with Gasteiger partial charge in [-0.05, 0) is 64.2 Å². The highest BCUT2D eigenvalue weighted by Crippen LogP contribution is 2.24. The summed E-state index contributed by atoms with van der Waals surface area (Å²) in [6.07, 6.45) is 2.51. The SMILES string of the molecule is Cc1ccc(-n2nc(C)c(CC(=O)N3CCC[C@@H]([C@H](C)N)C3)c2C)cc1Cl. The Morgan fingerprint density at radius 1 is 1.37 bits per heavy atom. The van der Waals surface area contributed by atoms with Gasteiger partial charge in [-0.2, -0.15) is 5.10 Å². The van der Waals surface area contributed by atoms with Gasteiger partial charge in [0.15, 0.2) is 0 Å². The highest BCUT2D eigenvalue weighted by Gasteiger charge is 2.27. The van der Waals surface area contributed by atoms with Gasteiger partial charge in [-0.25, -0.2) is 4.68 Å². The molecule has 1 aromatic heterocycles. The molecule has 27 heavy (non-hydrogen) atoms. The Bertz CT molecular complexity index is 843. The smallest absolute Gasteiger partial charge is 0.227 e. The first-order chi connectivity index (χ1) is 12.8. The van der Waals surface area contributed by atoms with E-state index < -0.39 is 0 Å². The fourth-order valence-electron chi connectivity index (χ4n) is 3.82. The molecule has 2 atom stereocenters. The van der Waals surface area contributed by atoms with Crippen molar-refractivity contribution >= 4 is 17.5 Å². The van der Waals surface area contributed by atoms with E-state index in [1.807, 2.05) is 55.5 Å². The number of nitrogens with zero attached hydrogens (tertiary/aromatic N) is 3. The molecule has 3 rings (SSSR count). The van der Waals surface area contributed by atoms with Crippen LogP contribution in [0, 0.1) is 26.7 Å². The van der Waals surface area contributed by atoms with Crippen molar-refractivity contribution < 1.29 is 4.79 Å². The summed E-state index contributed by atoms with van der Waals surface area (Å²) >= 11 is 6.28. The van der Waals surface area contributed by atoms with E-state index in [0.29, 0.717) is 17.4 Å². The van der Waals surface area contributed by atoms with Gasteiger partial charge in [0.1, 0.15) is 0 Å². The third-order valence-corrected chi connectivity index (χ3v) is 6.13. The molecule has 1 aliphatic rings. The van der Waals surface area contributed by atoms with E-state index in [2.05, 4.69) is 5.10 Å². The van der Waals surface area contributed by atoms with Crippen molar-refractivity contribution in [2.45, 2.75) is 53.0 Å². The molecule has 1 amide bonds. The molecule has 1 fully saturated rings. The predicted molar refractivity (Wildman–Crippen MR) is 109 cm³/mol. The molecular weight excluding hydrogens is 360 g/mol. The zero-order valence-corrected chi connectivity index (χ0v) is 17.4. The molecule has 1 aromatic carbocycles. The maximum Gasteiger partial charge on any atom is 0.227 e. The minimum Gasteiger partial charge on any atom is -0.342 e. The normalized spacial score (nSPS) is 18.6. The summed E-state index contributed by atoms with van der Waals surface area (Å²) in [7, 11) is 0. The van der Waals surface area contributed by atoms with Gasteiger partial charge in [0.25, 0.3) is 0 Å². The van der Waals surface area contributed by atoms with Gasteiger partial charge >= 0.3 is 0 Å². The standard InChI is InChI=1S/C21H29ClN4O/c1-13-7-8-18(10-20(13)22)26-16(4)19(15(3)24-26)11-21(27)25-9-5-6-17(12-25)14(2)23/h7-8,10,14,17H,5-6,9,11-12,23H2,1-4H3/t14-,17+/m0/s1. The number of piperidine rings is 1. The number of carbonyl (C=O) groups is 1. The predicted octanol–water partition coefficient (Wildman–Crippen LogP) is 3.58. The molecule has 0 radical (unpaired) electrons. The van der Waals surface area contributed by atoms with E-state index in [4.69, 9.17) is 17.3 Å². The van der Waals surface area contributed by atoms with Gasteiger partial charge in [-0.1, -0.05) is 17.7 Å². The second kappa shape index (κ2) is 8.03. The highest BCUT2D eigenvalue weighted by molar-refractivity contribution is 6.31. The lowest BCUT2D eigenvalue weighted by Crippen LogP contribution is -2.45. The summed E-state index contributed by atoms with van der Waals surface area (Å²) in [4.78, 5) is 14.9. The van der Waals surface area contributed by atoms with Crippen molar-refractivity contribution in [2.75, 3.05) is 13.1 Å². The van der Waals surface area contributed by atoms with Crippen LogP contribution in [0.25, 0.3) is 5.69 Å². The molecule has 2 N–H and O–H groups in total. The Hall–Kier alpha value is -1.85. The van der Waals surface area contributed by atoms with E-state index in [1.54, 1.807) is 0 Å². The molecule has 0 spiro atoms. The fourth-order valence-corrected chi connectivity index (χ4v) is 4.00. The lowest BCUT2D eigenvalue weighted by atomic mass is 9.92. The molecule has 0 aliphatic carbocycles. The molecule has 2 heterocycles. The number of nitrogens with two attached hydrogens (primary N) is 1. The largest absolute Gasteiger partial charge is 0.342 e. The van der Waals surface area contributed by atoms with Crippen LogP contribution in [0.15, 0.2) is 18.2 Å². The van der Waals surface area contributed by atoms with Gasteiger partial charge in [0.2, 0.25) is 5.91 Å². The summed E-state index contributed by atoms with van der Waals surface area (Å²) in [6.45, 7) is 9.56. The number of likely N-dealkylation sites (tertiary alicyclic amines) is 1. The molecule has 6 heteroatoms. The average Bonchev–Trinajstić information content (AvgIpc) is 2.92. The number of carbonyl (C=O) groups excluding carboxylic acids is 1. The summed E-state index contributed by atoms with van der Waals surface area (Å²) in [5.74, 6) is 0.551. The van der Waals surface area contributed by atoms with Crippen LogP contribution < -0.4 is 5.73 Å². The topological polar surface area (TPSA) is 64.2 Å². The van der Waals surface area contributed by atoms with Crippen molar-refractivity contribution in [3.05, 3.63) is 45.7 Å². The molecule has 0 saturated carbocycles. The highest BCUT2D eigenvalue weighted by atomic mass is 35.5. The number of aryl methyl sites for hydroxylation is 2. The van der Waals surface area contributed by atoms with Crippen molar-refractivity contribution in [1.29, 1.82) is 0 Å². The lowest BCUT2D eigenvalue weighted by Gasteiger charge is -2.34. The van der Waals surface area contributed by atoms with Crippen LogP contribution in [0.5, 0.6) is 0 Å². The third-order valence-electron chi connectivity index (χ3n) is 5.72. The Morgan fingerprint density at radius 2 is 2.11 bits per heavy atom. The molecular formula is C21H29ClN4O. The first-order valence-corrected chi connectivity index (χ1v) is 10.0. The molecule has 0 bridgehead atoms. The summed E-state index contributed by atoms with van der Waals surface area (Å²) in [5, 5.41) is 5.38. The first-order valence-electron chi connectivity index (χ1n) is 9.63. The molecule has 1 saturated heterocycles. The van der Waals surface area contributed by atoms with Crippen molar-refractivity contribution in [3.63, 3.8) is 0 Å². The van der Waals surface area contributed by atoms with E-state index in [9.17, 15) is 4.79 Å². The molecule has 146 valence electrons. The van der Waals surface area contributed by atoms with Crippen LogP contribution in [0.2, 0.25) is 5.02 Å².